The van der Waals surface area contributed by atoms with Crippen molar-refractivity contribution in [3.8, 4) is 11.5 Å². The summed E-state index contributed by atoms with van der Waals surface area (Å²) in [5.74, 6) is -3.96. The predicted octanol–water partition coefficient (Wildman–Crippen LogP) is 0.0745. The first-order valence-electron chi connectivity index (χ1n) is 6.04. The molecule has 0 fully saturated rings. The minimum absolute atomic E-state index is 0.0758. The van der Waals surface area contributed by atoms with Crippen LogP contribution in [0.1, 0.15) is 18.4 Å². The Balaban J connectivity index is 2.54. The SMILES string of the molecule is O=C(O)C[C@H](NC(=O)CCc1ccc(O)c(O)c1)C(=O)O. The van der Waals surface area contributed by atoms with Crippen LogP contribution in [0.2, 0.25) is 0 Å². The lowest BCUT2D eigenvalue weighted by Gasteiger charge is -2.12. The van der Waals surface area contributed by atoms with Gasteiger partial charge in [0.05, 0.1) is 6.42 Å². The predicted molar refractivity (Wildman–Crippen MR) is 69.9 cm³/mol. The second kappa shape index (κ2) is 7.13. The number of hydrogen-bond acceptors (Lipinski definition) is 5. The fraction of sp³-hybridized carbons (Fsp3) is 0.308. The molecule has 0 aliphatic carbocycles. The number of amides is 1. The maximum atomic E-state index is 11.6. The number of carbonyl (C=O) groups is 3. The highest BCUT2D eigenvalue weighted by molar-refractivity contribution is 5.86. The summed E-state index contributed by atoms with van der Waals surface area (Å²) < 4.78 is 0. The summed E-state index contributed by atoms with van der Waals surface area (Å²) in [7, 11) is 0. The van der Waals surface area contributed by atoms with Crippen molar-refractivity contribution >= 4 is 17.8 Å². The molecule has 0 heterocycles. The molecule has 1 amide bonds. The number of rotatable bonds is 7. The Morgan fingerprint density at radius 3 is 2.29 bits per heavy atom. The van der Waals surface area contributed by atoms with Crippen LogP contribution in [0.25, 0.3) is 0 Å². The molecule has 114 valence electrons. The summed E-state index contributed by atoms with van der Waals surface area (Å²) in [5, 5.41) is 37.9. The van der Waals surface area contributed by atoms with Gasteiger partial charge < -0.3 is 25.7 Å². The van der Waals surface area contributed by atoms with Crippen LogP contribution in [0.4, 0.5) is 0 Å². The van der Waals surface area contributed by atoms with Crippen molar-refractivity contribution in [2.45, 2.75) is 25.3 Å². The Labute approximate surface area is 119 Å². The molecule has 5 N–H and O–H groups in total. The maximum Gasteiger partial charge on any atom is 0.326 e. The number of phenolic OH excluding ortho intramolecular Hbond substituents is 2. The van der Waals surface area contributed by atoms with Crippen LogP contribution in [0.3, 0.4) is 0 Å². The molecule has 1 atom stereocenters. The first-order chi connectivity index (χ1) is 9.79. The van der Waals surface area contributed by atoms with Gasteiger partial charge in [0.25, 0.3) is 0 Å². The zero-order valence-corrected chi connectivity index (χ0v) is 10.9. The number of carboxylic acid groups (broad SMARTS) is 2. The summed E-state index contributed by atoms with van der Waals surface area (Å²) in [6, 6.07) is 2.58. The minimum Gasteiger partial charge on any atom is -0.504 e. The number of aromatic hydroxyl groups is 2. The monoisotopic (exact) mass is 297 g/mol. The quantitative estimate of drug-likeness (QED) is 0.448. The van der Waals surface area contributed by atoms with E-state index in [4.69, 9.17) is 15.3 Å². The van der Waals surface area contributed by atoms with E-state index in [1.54, 1.807) is 0 Å². The van der Waals surface area contributed by atoms with Crippen molar-refractivity contribution in [3.63, 3.8) is 0 Å². The lowest BCUT2D eigenvalue weighted by Crippen LogP contribution is -2.42. The molecule has 1 aromatic carbocycles. The number of benzene rings is 1. The van der Waals surface area contributed by atoms with Gasteiger partial charge in [-0.1, -0.05) is 6.07 Å². The van der Waals surface area contributed by atoms with Gasteiger partial charge in [0.2, 0.25) is 5.91 Å². The smallest absolute Gasteiger partial charge is 0.326 e. The molecule has 1 rings (SSSR count). The normalized spacial score (nSPS) is 11.6. The third-order valence-electron chi connectivity index (χ3n) is 2.69. The Morgan fingerprint density at radius 2 is 1.76 bits per heavy atom. The van der Waals surface area contributed by atoms with E-state index >= 15 is 0 Å². The van der Waals surface area contributed by atoms with Crippen molar-refractivity contribution in [3.05, 3.63) is 23.8 Å². The largest absolute Gasteiger partial charge is 0.504 e. The molecule has 0 aromatic heterocycles. The van der Waals surface area contributed by atoms with Gasteiger partial charge in [0, 0.05) is 6.42 Å². The molecular formula is C13H15NO7. The highest BCUT2D eigenvalue weighted by atomic mass is 16.4. The Hall–Kier alpha value is -2.77. The number of nitrogens with one attached hydrogen (secondary N) is 1. The average molecular weight is 297 g/mol. The van der Waals surface area contributed by atoms with Gasteiger partial charge >= 0.3 is 11.9 Å². The standard InChI is InChI=1S/C13H15NO7/c15-9-3-1-7(5-10(9)16)2-4-11(17)14-8(13(20)21)6-12(18)19/h1,3,5,8,15-16H,2,4,6H2,(H,14,17)(H,18,19)(H,20,21)/t8-/m0/s1. The number of phenols is 2. The van der Waals surface area contributed by atoms with E-state index in [2.05, 4.69) is 5.32 Å². The van der Waals surface area contributed by atoms with Gasteiger partial charge in [-0.05, 0) is 24.1 Å². The Bertz CT molecular complexity index is 555. The fourth-order valence-electron chi connectivity index (χ4n) is 1.62. The van der Waals surface area contributed by atoms with Crippen molar-refractivity contribution in [2.75, 3.05) is 0 Å². The minimum atomic E-state index is -1.48. The molecule has 0 saturated heterocycles. The van der Waals surface area contributed by atoms with Gasteiger partial charge in [0.1, 0.15) is 6.04 Å². The van der Waals surface area contributed by atoms with Gasteiger partial charge in [-0.2, -0.15) is 0 Å². The molecule has 0 aliphatic heterocycles. The van der Waals surface area contributed by atoms with E-state index in [-0.39, 0.29) is 24.3 Å². The molecule has 0 aliphatic rings. The Morgan fingerprint density at radius 1 is 1.10 bits per heavy atom. The molecule has 1 aromatic rings. The molecular weight excluding hydrogens is 282 g/mol. The first-order valence-corrected chi connectivity index (χ1v) is 6.04. The maximum absolute atomic E-state index is 11.6. The van der Waals surface area contributed by atoms with Gasteiger partial charge in [0.15, 0.2) is 11.5 Å². The van der Waals surface area contributed by atoms with Crippen LogP contribution < -0.4 is 5.32 Å². The van der Waals surface area contributed by atoms with E-state index < -0.39 is 30.3 Å². The topological polar surface area (TPSA) is 144 Å². The molecule has 0 unspecified atom stereocenters. The summed E-state index contributed by atoms with van der Waals surface area (Å²) in [6.07, 6.45) is -0.576. The van der Waals surface area contributed by atoms with E-state index in [0.717, 1.165) is 0 Å². The van der Waals surface area contributed by atoms with E-state index in [1.165, 1.54) is 18.2 Å². The average Bonchev–Trinajstić information content (AvgIpc) is 2.38. The molecule has 0 radical (unpaired) electrons. The number of aryl methyl sites for hydroxylation is 1. The van der Waals surface area contributed by atoms with Crippen LogP contribution in [0.15, 0.2) is 18.2 Å². The van der Waals surface area contributed by atoms with Gasteiger partial charge in [-0.3, -0.25) is 9.59 Å². The molecule has 8 nitrogen and oxygen atoms in total. The second-order valence-electron chi connectivity index (χ2n) is 4.38. The van der Waals surface area contributed by atoms with Crippen LogP contribution in [-0.4, -0.2) is 44.3 Å². The summed E-state index contributed by atoms with van der Waals surface area (Å²) in [6.45, 7) is 0. The zero-order valence-electron chi connectivity index (χ0n) is 10.9. The fourth-order valence-corrected chi connectivity index (χ4v) is 1.62. The molecule has 8 heteroatoms. The summed E-state index contributed by atoms with van der Waals surface area (Å²) >= 11 is 0. The van der Waals surface area contributed by atoms with E-state index in [9.17, 15) is 19.5 Å². The lowest BCUT2D eigenvalue weighted by molar-refractivity contribution is -0.147. The summed E-state index contributed by atoms with van der Waals surface area (Å²) in [5.41, 5.74) is 0.575. The van der Waals surface area contributed by atoms with E-state index in [1.807, 2.05) is 0 Å². The van der Waals surface area contributed by atoms with E-state index in [0.29, 0.717) is 5.56 Å². The molecule has 0 bridgehead atoms. The first kappa shape index (κ1) is 16.3. The highest BCUT2D eigenvalue weighted by Gasteiger charge is 2.22. The van der Waals surface area contributed by atoms with Gasteiger partial charge in [-0.15, -0.1) is 0 Å². The molecule has 0 spiro atoms. The molecule has 21 heavy (non-hydrogen) atoms. The number of hydrogen-bond donors (Lipinski definition) is 5. The highest BCUT2D eigenvalue weighted by Crippen LogP contribution is 2.25. The van der Waals surface area contributed by atoms with Crippen molar-refractivity contribution < 1.29 is 34.8 Å². The van der Waals surface area contributed by atoms with Crippen LogP contribution in [0, 0.1) is 0 Å². The van der Waals surface area contributed by atoms with Crippen LogP contribution in [-0.2, 0) is 20.8 Å². The number of carboxylic acids is 2. The van der Waals surface area contributed by atoms with Crippen molar-refractivity contribution in [1.29, 1.82) is 0 Å². The third-order valence-corrected chi connectivity index (χ3v) is 2.69. The van der Waals surface area contributed by atoms with Crippen molar-refractivity contribution in [2.24, 2.45) is 0 Å². The number of aliphatic carboxylic acids is 2. The van der Waals surface area contributed by atoms with Crippen LogP contribution >= 0.6 is 0 Å². The zero-order chi connectivity index (χ0) is 16.0. The second-order valence-corrected chi connectivity index (χ2v) is 4.38. The number of carbonyl (C=O) groups excluding carboxylic acids is 1. The van der Waals surface area contributed by atoms with Crippen molar-refractivity contribution in [1.82, 2.24) is 5.32 Å². The van der Waals surface area contributed by atoms with Gasteiger partial charge in [-0.25, -0.2) is 4.79 Å². The lowest BCUT2D eigenvalue weighted by atomic mass is 10.1. The van der Waals surface area contributed by atoms with Crippen LogP contribution in [0.5, 0.6) is 11.5 Å². The Kier molecular flexibility index (Phi) is 5.53. The summed E-state index contributed by atoms with van der Waals surface area (Å²) in [4.78, 5) is 32.9. The third kappa shape index (κ3) is 5.39. The molecule has 0 saturated carbocycles.